The molecular weight excluding hydrogens is 628 g/mol. The minimum atomic E-state index is -1.75. The number of aliphatic hydroxyl groups excluding tert-OH is 4. The van der Waals surface area contributed by atoms with E-state index in [2.05, 4.69) is 34.6 Å². The summed E-state index contributed by atoms with van der Waals surface area (Å²) >= 11 is 0. The number of aliphatic hydroxyl groups is 4. The Morgan fingerprint density at radius 3 is 2.04 bits per heavy atom. The summed E-state index contributed by atoms with van der Waals surface area (Å²) in [6.45, 7) is 16.8. The lowest BCUT2D eigenvalue weighted by molar-refractivity contribution is -0.289. The zero-order chi connectivity index (χ0) is 36.5. The molecule has 10 nitrogen and oxygen atoms in total. The molecule has 0 amide bonds. The highest BCUT2D eigenvalue weighted by molar-refractivity contribution is 5.80. The molecule has 2 aliphatic heterocycles. The fraction of sp³-hybridized carbons (Fsp3) is 0.795. The average Bonchev–Trinajstić information content (AvgIpc) is 3.04. The number of benzene rings is 1. The molecule has 0 spiro atoms. The molecule has 3 rings (SSSR count). The Hall–Kier alpha value is -2.24. The first kappa shape index (κ1) is 41.2. The molecule has 8 atom stereocenters. The molecule has 0 aromatic heterocycles. The highest BCUT2D eigenvalue weighted by Gasteiger charge is 2.46. The minimum Gasteiger partial charge on any atom is -0.487 e. The summed E-state index contributed by atoms with van der Waals surface area (Å²) in [5, 5.41) is 39.5. The fourth-order valence-corrected chi connectivity index (χ4v) is 7.20. The quantitative estimate of drug-likeness (QED) is 0.104. The van der Waals surface area contributed by atoms with Crippen molar-refractivity contribution >= 4 is 11.9 Å². The summed E-state index contributed by atoms with van der Waals surface area (Å²) in [5.41, 5.74) is 3.38. The Morgan fingerprint density at radius 2 is 1.43 bits per heavy atom. The Labute approximate surface area is 293 Å². The van der Waals surface area contributed by atoms with Crippen LogP contribution in [0.25, 0.3) is 0 Å². The number of fused-ring (bicyclic) bond motifs is 1. The Morgan fingerprint density at radius 1 is 0.837 bits per heavy atom. The van der Waals surface area contributed by atoms with Crippen molar-refractivity contribution in [2.75, 3.05) is 6.61 Å². The first-order valence-corrected chi connectivity index (χ1v) is 18.6. The Bertz CT molecular complexity index is 1230. The summed E-state index contributed by atoms with van der Waals surface area (Å²) in [5.74, 6) is 2.17. The predicted octanol–water partition coefficient (Wildman–Crippen LogP) is 6.16. The largest absolute Gasteiger partial charge is 0.487 e. The van der Waals surface area contributed by atoms with Gasteiger partial charge in [0.2, 0.25) is 0 Å². The molecule has 280 valence electrons. The maximum absolute atomic E-state index is 12.9. The summed E-state index contributed by atoms with van der Waals surface area (Å²) in [4.78, 5) is 25.3. The van der Waals surface area contributed by atoms with Crippen LogP contribution in [-0.4, -0.2) is 75.3 Å². The van der Waals surface area contributed by atoms with E-state index < -0.39 is 49.3 Å². The van der Waals surface area contributed by atoms with Gasteiger partial charge in [0, 0.05) is 5.56 Å². The van der Waals surface area contributed by atoms with E-state index in [0.29, 0.717) is 11.7 Å². The number of esters is 2. The van der Waals surface area contributed by atoms with E-state index >= 15 is 0 Å². The van der Waals surface area contributed by atoms with Gasteiger partial charge in [0.15, 0.2) is 12.4 Å². The van der Waals surface area contributed by atoms with Gasteiger partial charge in [-0.1, -0.05) is 72.6 Å². The van der Waals surface area contributed by atoms with Crippen molar-refractivity contribution in [3.05, 3.63) is 22.3 Å². The van der Waals surface area contributed by atoms with E-state index in [1.54, 1.807) is 0 Å². The molecule has 2 aliphatic rings. The third-order valence-electron chi connectivity index (χ3n) is 10.7. The fourth-order valence-electron chi connectivity index (χ4n) is 7.20. The number of rotatable bonds is 18. The lowest BCUT2D eigenvalue weighted by atomic mass is 9.83. The van der Waals surface area contributed by atoms with Crippen LogP contribution in [0.15, 0.2) is 0 Å². The van der Waals surface area contributed by atoms with Gasteiger partial charge in [-0.3, -0.25) is 9.59 Å². The summed E-state index contributed by atoms with van der Waals surface area (Å²) in [7, 11) is 0. The zero-order valence-electron chi connectivity index (χ0n) is 31.3. The second-order valence-corrected chi connectivity index (χ2v) is 15.6. The zero-order valence-corrected chi connectivity index (χ0v) is 31.3. The van der Waals surface area contributed by atoms with E-state index in [9.17, 15) is 30.0 Å². The van der Waals surface area contributed by atoms with Crippen LogP contribution in [0.4, 0.5) is 0 Å². The molecule has 1 aromatic rings. The first-order chi connectivity index (χ1) is 23.1. The highest BCUT2D eigenvalue weighted by atomic mass is 16.7. The molecule has 0 saturated carbocycles. The van der Waals surface area contributed by atoms with Gasteiger partial charge in [-0.15, -0.1) is 0 Å². The standard InChI is InChI=1S/C39H64O10/c1-23(2)12-9-13-24(3)14-10-15-25(4)16-11-20-39(8)21-19-29-28(7)35(26(5)27(6)36(29)49-39)47-31(41)17-18-32(42)48-37-33(43)30(22-40)46-38(45)34(37)44/h23-25,30,33-34,37-38,40,43-45H,9-22H2,1-8H3/t24?,25?,30-,33-,34-,37+,38-,39?/m1/s1. The second kappa shape index (κ2) is 18.8. The summed E-state index contributed by atoms with van der Waals surface area (Å²) < 4.78 is 22.6. The van der Waals surface area contributed by atoms with E-state index in [0.717, 1.165) is 65.5 Å². The molecule has 2 heterocycles. The van der Waals surface area contributed by atoms with Crippen molar-refractivity contribution in [3.8, 4) is 11.5 Å². The number of hydrogen-bond donors (Lipinski definition) is 4. The van der Waals surface area contributed by atoms with Gasteiger partial charge in [0.1, 0.15) is 35.4 Å². The smallest absolute Gasteiger partial charge is 0.311 e. The van der Waals surface area contributed by atoms with Crippen LogP contribution in [-0.2, 0) is 25.5 Å². The lowest BCUT2D eigenvalue weighted by Gasteiger charge is -2.39. The van der Waals surface area contributed by atoms with Crippen molar-refractivity contribution in [1.29, 1.82) is 0 Å². The number of hydrogen-bond acceptors (Lipinski definition) is 10. The van der Waals surface area contributed by atoms with Crippen LogP contribution < -0.4 is 9.47 Å². The van der Waals surface area contributed by atoms with Crippen molar-refractivity contribution in [2.45, 2.75) is 175 Å². The van der Waals surface area contributed by atoms with Crippen LogP contribution in [0.5, 0.6) is 11.5 Å². The predicted molar refractivity (Wildman–Crippen MR) is 187 cm³/mol. The van der Waals surface area contributed by atoms with Gasteiger partial charge < -0.3 is 39.4 Å². The van der Waals surface area contributed by atoms with E-state index in [-0.39, 0.29) is 18.4 Å². The summed E-state index contributed by atoms with van der Waals surface area (Å²) in [6, 6.07) is 0. The second-order valence-electron chi connectivity index (χ2n) is 15.6. The molecule has 1 saturated heterocycles. The molecule has 4 N–H and O–H groups in total. The van der Waals surface area contributed by atoms with Crippen molar-refractivity contribution in [3.63, 3.8) is 0 Å². The molecule has 3 unspecified atom stereocenters. The molecule has 0 bridgehead atoms. The monoisotopic (exact) mass is 692 g/mol. The van der Waals surface area contributed by atoms with Crippen LogP contribution in [0, 0.1) is 38.5 Å². The van der Waals surface area contributed by atoms with Gasteiger partial charge in [-0.05, 0) is 87.8 Å². The topological polar surface area (TPSA) is 152 Å². The van der Waals surface area contributed by atoms with Crippen LogP contribution in [0.2, 0.25) is 0 Å². The maximum atomic E-state index is 12.9. The third kappa shape index (κ3) is 11.6. The van der Waals surface area contributed by atoms with Crippen molar-refractivity contribution in [2.24, 2.45) is 17.8 Å². The Kier molecular flexibility index (Phi) is 15.8. The molecule has 0 radical (unpaired) electrons. The molecule has 1 fully saturated rings. The maximum Gasteiger partial charge on any atom is 0.311 e. The molecular formula is C39H64O10. The van der Waals surface area contributed by atoms with Crippen LogP contribution >= 0.6 is 0 Å². The number of carbonyl (C=O) groups excluding carboxylic acids is 2. The van der Waals surface area contributed by atoms with Gasteiger partial charge in [0.25, 0.3) is 0 Å². The molecule has 10 heteroatoms. The van der Waals surface area contributed by atoms with E-state index in [4.69, 9.17) is 18.9 Å². The van der Waals surface area contributed by atoms with Crippen molar-refractivity contribution in [1.82, 2.24) is 0 Å². The van der Waals surface area contributed by atoms with Crippen LogP contribution in [0.1, 0.15) is 134 Å². The van der Waals surface area contributed by atoms with E-state index in [1.807, 2.05) is 20.8 Å². The third-order valence-corrected chi connectivity index (χ3v) is 10.7. The Balaban J connectivity index is 1.49. The normalized spacial score (nSPS) is 26.5. The number of ether oxygens (including phenoxy) is 4. The highest BCUT2D eigenvalue weighted by Crippen LogP contribution is 2.45. The van der Waals surface area contributed by atoms with Crippen LogP contribution in [0.3, 0.4) is 0 Å². The molecule has 0 aliphatic carbocycles. The average molecular weight is 693 g/mol. The van der Waals surface area contributed by atoms with Crippen molar-refractivity contribution < 1.29 is 49.0 Å². The SMILES string of the molecule is Cc1c(C)c2c(c(C)c1OC(=O)CCC(=O)O[C@@H]1[C@@H](O)[C@H](O)O[C@H](CO)[C@H]1O)CCC(C)(CCCC(C)CCCC(C)CCCC(C)C)O2. The molecule has 1 aromatic carbocycles. The van der Waals surface area contributed by atoms with Gasteiger partial charge in [-0.25, -0.2) is 0 Å². The van der Waals surface area contributed by atoms with E-state index in [1.165, 1.54) is 44.9 Å². The summed E-state index contributed by atoms with van der Waals surface area (Å²) in [6.07, 6.45) is 4.54. The number of carbonyl (C=O) groups is 2. The molecule has 49 heavy (non-hydrogen) atoms. The van der Waals surface area contributed by atoms with Gasteiger partial charge in [-0.2, -0.15) is 0 Å². The first-order valence-electron chi connectivity index (χ1n) is 18.6. The minimum absolute atomic E-state index is 0.251. The lowest BCUT2D eigenvalue weighted by Crippen LogP contribution is -2.59. The van der Waals surface area contributed by atoms with Gasteiger partial charge in [0.05, 0.1) is 19.4 Å². The van der Waals surface area contributed by atoms with Gasteiger partial charge >= 0.3 is 11.9 Å².